The quantitative estimate of drug-likeness (QED) is 0.485. The van der Waals surface area contributed by atoms with Gasteiger partial charge >= 0.3 is 5.82 Å². The van der Waals surface area contributed by atoms with Crippen molar-refractivity contribution in [3.8, 4) is 5.75 Å². The summed E-state index contributed by atoms with van der Waals surface area (Å²) in [6.45, 7) is 1.73. The predicted molar refractivity (Wildman–Crippen MR) is 75.2 cm³/mol. The molecular weight excluding hydrogens is 280 g/mol. The number of nitro groups is 1. The normalized spacial score (nSPS) is 27.3. The summed E-state index contributed by atoms with van der Waals surface area (Å²) in [5.41, 5.74) is 0.629. The van der Waals surface area contributed by atoms with E-state index in [0.29, 0.717) is 5.69 Å². The summed E-state index contributed by atoms with van der Waals surface area (Å²) in [5, 5.41) is 11.2. The zero-order valence-electron chi connectivity index (χ0n) is 11.3. The van der Waals surface area contributed by atoms with Gasteiger partial charge in [-0.15, -0.1) is 11.6 Å². The first kappa shape index (κ1) is 13.6. The van der Waals surface area contributed by atoms with Crippen LogP contribution in [0.1, 0.15) is 37.8 Å². The van der Waals surface area contributed by atoms with Gasteiger partial charge in [-0.05, 0) is 34.9 Å². The maximum absolute atomic E-state index is 11.1. The number of ether oxygens (including phenoxy) is 1. The van der Waals surface area contributed by atoms with E-state index in [0.717, 1.165) is 32.1 Å². The molecule has 0 aliphatic heterocycles. The van der Waals surface area contributed by atoms with Gasteiger partial charge in [0, 0.05) is 24.1 Å². The van der Waals surface area contributed by atoms with Crippen LogP contribution in [0, 0.1) is 22.5 Å². The molecule has 108 valence electrons. The minimum Gasteiger partial charge on any atom is -0.482 e. The Kier molecular flexibility index (Phi) is 3.32. The Hall–Kier alpha value is -1.36. The largest absolute Gasteiger partial charge is 0.482 e. The molecular formula is C14H17ClN2O3. The number of alkyl halides is 1. The molecule has 1 aromatic heterocycles. The van der Waals surface area contributed by atoms with E-state index < -0.39 is 4.92 Å². The molecule has 6 heteroatoms. The van der Waals surface area contributed by atoms with Crippen LogP contribution in [0.25, 0.3) is 0 Å². The number of hydrogen-bond donors (Lipinski definition) is 0. The van der Waals surface area contributed by atoms with Crippen LogP contribution in [0.5, 0.6) is 5.75 Å². The highest BCUT2D eigenvalue weighted by atomic mass is 35.5. The molecule has 0 saturated heterocycles. The van der Waals surface area contributed by atoms with Gasteiger partial charge in [-0.2, -0.15) is 0 Å². The highest BCUT2D eigenvalue weighted by molar-refractivity contribution is 6.21. The summed E-state index contributed by atoms with van der Waals surface area (Å²) in [5.74, 6) is 0.0663. The molecule has 0 aromatic carbocycles. The first-order valence-corrected chi connectivity index (χ1v) is 7.39. The summed E-state index contributed by atoms with van der Waals surface area (Å²) in [6, 6.07) is 3.38. The molecule has 2 saturated carbocycles. The summed E-state index contributed by atoms with van der Waals surface area (Å²) >= 11 is 6.37. The van der Waals surface area contributed by atoms with Crippen molar-refractivity contribution in [1.29, 1.82) is 0 Å². The first-order valence-electron chi connectivity index (χ1n) is 6.96. The van der Waals surface area contributed by atoms with Crippen LogP contribution in [-0.4, -0.2) is 21.4 Å². The van der Waals surface area contributed by atoms with E-state index in [1.165, 1.54) is 0 Å². The van der Waals surface area contributed by atoms with Gasteiger partial charge in [0.15, 0.2) is 0 Å². The maximum atomic E-state index is 11.1. The van der Waals surface area contributed by atoms with Gasteiger partial charge in [-0.25, -0.2) is 0 Å². The molecule has 2 fully saturated rings. The van der Waals surface area contributed by atoms with E-state index in [4.69, 9.17) is 16.3 Å². The van der Waals surface area contributed by atoms with Gasteiger partial charge < -0.3 is 14.9 Å². The predicted octanol–water partition coefficient (Wildman–Crippen LogP) is 3.62. The summed E-state index contributed by atoms with van der Waals surface area (Å²) < 4.78 is 5.92. The Labute approximate surface area is 122 Å². The van der Waals surface area contributed by atoms with E-state index in [1.807, 2.05) is 0 Å². The van der Waals surface area contributed by atoms with Crippen LogP contribution in [0.15, 0.2) is 12.1 Å². The Bertz CT molecular complexity index is 543. The second kappa shape index (κ2) is 4.88. The van der Waals surface area contributed by atoms with Gasteiger partial charge in [0.05, 0.1) is 0 Å². The number of nitrogens with zero attached hydrogens (tertiary/aromatic N) is 2. The standard InChI is InChI=1S/C14H17ClN2O3/c1-9-4-5-10(13(16-9)17(18)19)20-12-8-11(15)14(12)6-2-3-7-14/h4-5,11-12H,2-3,6-8H2,1H3. The third-order valence-corrected chi connectivity index (χ3v) is 5.25. The van der Waals surface area contributed by atoms with Crippen molar-refractivity contribution in [2.45, 2.75) is 50.5 Å². The minimum absolute atomic E-state index is 0.0142. The van der Waals surface area contributed by atoms with Crippen LogP contribution in [0.2, 0.25) is 0 Å². The van der Waals surface area contributed by atoms with Gasteiger partial charge in [0.25, 0.3) is 0 Å². The molecule has 2 atom stereocenters. The lowest BCUT2D eigenvalue weighted by atomic mass is 9.64. The van der Waals surface area contributed by atoms with Crippen LogP contribution in [0.4, 0.5) is 5.82 Å². The van der Waals surface area contributed by atoms with Crippen LogP contribution >= 0.6 is 11.6 Å². The number of rotatable bonds is 3. The van der Waals surface area contributed by atoms with Crippen molar-refractivity contribution in [1.82, 2.24) is 4.98 Å². The highest BCUT2D eigenvalue weighted by Gasteiger charge is 2.57. The third kappa shape index (κ3) is 2.04. The molecule has 5 nitrogen and oxygen atoms in total. The van der Waals surface area contributed by atoms with Crippen molar-refractivity contribution in [2.75, 3.05) is 0 Å². The highest BCUT2D eigenvalue weighted by Crippen LogP contribution is 2.57. The van der Waals surface area contributed by atoms with Crippen molar-refractivity contribution < 1.29 is 9.66 Å². The average molecular weight is 297 g/mol. The lowest BCUT2D eigenvalue weighted by Gasteiger charge is -2.50. The van der Waals surface area contributed by atoms with Crippen LogP contribution < -0.4 is 4.74 Å². The number of halogens is 1. The van der Waals surface area contributed by atoms with Gasteiger partial charge in [0.1, 0.15) is 11.8 Å². The molecule has 1 heterocycles. The average Bonchev–Trinajstić information content (AvgIpc) is 2.92. The van der Waals surface area contributed by atoms with Gasteiger partial charge in [-0.1, -0.05) is 12.8 Å². The number of aryl methyl sites for hydroxylation is 1. The number of hydrogen-bond acceptors (Lipinski definition) is 4. The second-order valence-electron chi connectivity index (χ2n) is 5.78. The topological polar surface area (TPSA) is 65.3 Å². The van der Waals surface area contributed by atoms with Crippen molar-refractivity contribution >= 4 is 17.4 Å². The fourth-order valence-electron chi connectivity index (χ4n) is 3.44. The lowest BCUT2D eigenvalue weighted by Crippen LogP contribution is -2.55. The van der Waals surface area contributed by atoms with Crippen LogP contribution in [-0.2, 0) is 0 Å². The Morgan fingerprint density at radius 2 is 2.15 bits per heavy atom. The van der Waals surface area contributed by atoms with Crippen molar-refractivity contribution in [2.24, 2.45) is 5.41 Å². The van der Waals surface area contributed by atoms with E-state index in [2.05, 4.69) is 4.98 Å². The molecule has 0 amide bonds. The zero-order valence-corrected chi connectivity index (χ0v) is 12.1. The fourth-order valence-corrected chi connectivity index (χ4v) is 3.96. The van der Waals surface area contributed by atoms with Gasteiger partial charge in [0.2, 0.25) is 5.75 Å². The summed E-state index contributed by atoms with van der Waals surface area (Å²) in [7, 11) is 0. The number of aromatic nitrogens is 1. The lowest BCUT2D eigenvalue weighted by molar-refractivity contribution is -0.391. The summed E-state index contributed by atoms with van der Waals surface area (Å²) in [6.07, 6.45) is 5.18. The Morgan fingerprint density at radius 1 is 1.45 bits per heavy atom. The van der Waals surface area contributed by atoms with Gasteiger partial charge in [-0.3, -0.25) is 0 Å². The van der Waals surface area contributed by atoms with Crippen LogP contribution in [0.3, 0.4) is 0 Å². The van der Waals surface area contributed by atoms with Crippen molar-refractivity contribution in [3.63, 3.8) is 0 Å². The molecule has 2 aliphatic rings. The second-order valence-corrected chi connectivity index (χ2v) is 6.31. The SMILES string of the molecule is Cc1ccc(OC2CC(Cl)C23CCCC3)c([N+](=O)[O-])n1. The van der Waals surface area contributed by atoms with E-state index in [9.17, 15) is 10.1 Å². The monoisotopic (exact) mass is 296 g/mol. The first-order chi connectivity index (χ1) is 9.53. The molecule has 1 spiro atoms. The smallest absolute Gasteiger partial charge is 0.406 e. The minimum atomic E-state index is -0.486. The molecule has 3 rings (SSSR count). The third-order valence-electron chi connectivity index (χ3n) is 4.64. The molecule has 2 unspecified atom stereocenters. The molecule has 1 aromatic rings. The van der Waals surface area contributed by atoms with Crippen molar-refractivity contribution in [3.05, 3.63) is 27.9 Å². The molecule has 0 radical (unpaired) electrons. The number of pyridine rings is 1. The van der Waals surface area contributed by atoms with E-state index >= 15 is 0 Å². The Balaban J connectivity index is 1.84. The summed E-state index contributed by atoms with van der Waals surface area (Å²) in [4.78, 5) is 14.6. The van der Waals surface area contributed by atoms with E-state index in [1.54, 1.807) is 19.1 Å². The molecule has 0 N–H and O–H groups in total. The Morgan fingerprint density at radius 3 is 2.75 bits per heavy atom. The maximum Gasteiger partial charge on any atom is 0.406 e. The molecule has 20 heavy (non-hydrogen) atoms. The van der Waals surface area contributed by atoms with E-state index in [-0.39, 0.29) is 28.5 Å². The molecule has 2 aliphatic carbocycles. The fraction of sp³-hybridized carbons (Fsp3) is 0.643. The molecule has 0 bridgehead atoms. The zero-order chi connectivity index (χ0) is 14.3.